The third kappa shape index (κ3) is 2.61. The first-order chi connectivity index (χ1) is 20.7. The van der Waals surface area contributed by atoms with E-state index >= 15 is 0 Å². The molecule has 194 valence electrons. The molecular formula is C40H20F2. The van der Waals surface area contributed by atoms with Crippen LogP contribution in [0.1, 0.15) is 0 Å². The van der Waals surface area contributed by atoms with Crippen LogP contribution in [0.15, 0.2) is 121 Å². The zero-order valence-corrected chi connectivity index (χ0v) is 22.3. The minimum atomic E-state index is -0.250. The molecule has 0 N–H and O–H groups in total. The average molecular weight is 539 g/mol. The molecule has 0 amide bonds. The first-order valence-electron chi connectivity index (χ1n) is 14.2. The molecule has 2 heteroatoms. The van der Waals surface area contributed by atoms with Gasteiger partial charge in [0.15, 0.2) is 0 Å². The van der Waals surface area contributed by atoms with Gasteiger partial charge in [-0.15, -0.1) is 0 Å². The third-order valence-corrected chi connectivity index (χ3v) is 9.40. The number of hydrogen-bond donors (Lipinski definition) is 0. The van der Waals surface area contributed by atoms with E-state index in [0.717, 1.165) is 22.3 Å². The number of halogens is 2. The van der Waals surface area contributed by atoms with Crippen LogP contribution in [0.4, 0.5) is 8.78 Å². The maximum absolute atomic E-state index is 14.3. The fourth-order valence-electron chi connectivity index (χ4n) is 7.90. The van der Waals surface area contributed by atoms with Crippen LogP contribution in [0.3, 0.4) is 0 Å². The van der Waals surface area contributed by atoms with E-state index < -0.39 is 0 Å². The van der Waals surface area contributed by atoms with E-state index in [0.29, 0.717) is 0 Å². The van der Waals surface area contributed by atoms with Gasteiger partial charge in [0.2, 0.25) is 0 Å². The Morgan fingerprint density at radius 2 is 0.643 bits per heavy atom. The molecule has 0 unspecified atom stereocenters. The summed E-state index contributed by atoms with van der Waals surface area (Å²) in [5.74, 6) is -0.499. The topological polar surface area (TPSA) is 0 Å². The smallest absolute Gasteiger partial charge is 0.123 e. The lowest BCUT2D eigenvalue weighted by Gasteiger charge is -2.06. The Balaban J connectivity index is 1.61. The highest BCUT2D eigenvalue weighted by atomic mass is 19.1. The predicted molar refractivity (Wildman–Crippen MR) is 169 cm³/mol. The highest BCUT2D eigenvalue weighted by Crippen LogP contribution is 2.50. The molecule has 4 aliphatic rings. The fraction of sp³-hybridized carbons (Fsp3) is 0. The van der Waals surface area contributed by atoms with E-state index in [4.69, 9.17) is 0 Å². The van der Waals surface area contributed by atoms with Crippen molar-refractivity contribution in [3.63, 3.8) is 0 Å². The molecule has 0 radical (unpaired) electrons. The summed E-state index contributed by atoms with van der Waals surface area (Å²) < 4.78 is 28.6. The Morgan fingerprint density at radius 1 is 0.310 bits per heavy atom. The van der Waals surface area contributed by atoms with Crippen molar-refractivity contribution in [1.29, 1.82) is 0 Å². The van der Waals surface area contributed by atoms with Gasteiger partial charge in [0.1, 0.15) is 11.6 Å². The average Bonchev–Trinajstić information content (AvgIpc) is 3.72. The lowest BCUT2D eigenvalue weighted by Crippen LogP contribution is -1.81. The maximum Gasteiger partial charge on any atom is 0.123 e. The molecule has 0 aliphatic heterocycles. The molecule has 4 aliphatic carbocycles. The molecule has 0 spiro atoms. The zero-order chi connectivity index (χ0) is 27.7. The molecule has 10 rings (SSSR count). The van der Waals surface area contributed by atoms with Crippen molar-refractivity contribution in [2.75, 3.05) is 0 Å². The second-order valence-corrected chi connectivity index (χ2v) is 11.4. The minimum Gasteiger partial charge on any atom is -0.207 e. The summed E-state index contributed by atoms with van der Waals surface area (Å²) in [6, 6.07) is 40.0. The second-order valence-electron chi connectivity index (χ2n) is 11.4. The van der Waals surface area contributed by atoms with Crippen LogP contribution in [0, 0.1) is 32.5 Å². The van der Waals surface area contributed by atoms with Gasteiger partial charge in [0.05, 0.1) is 0 Å². The van der Waals surface area contributed by atoms with Gasteiger partial charge in [0, 0.05) is 0 Å². The number of fused-ring (bicyclic) bond motifs is 7. The first-order valence-corrected chi connectivity index (χ1v) is 14.2. The van der Waals surface area contributed by atoms with Gasteiger partial charge in [-0.3, -0.25) is 0 Å². The summed E-state index contributed by atoms with van der Waals surface area (Å²) in [6.07, 6.45) is 0. The van der Waals surface area contributed by atoms with Crippen LogP contribution in [-0.4, -0.2) is 0 Å². The highest BCUT2D eigenvalue weighted by Gasteiger charge is 2.27. The summed E-state index contributed by atoms with van der Waals surface area (Å²) in [6.45, 7) is 0. The van der Waals surface area contributed by atoms with Gasteiger partial charge in [-0.05, 0) is 121 Å². The molecular weight excluding hydrogens is 518 g/mol. The largest absolute Gasteiger partial charge is 0.207 e. The van der Waals surface area contributed by atoms with Crippen molar-refractivity contribution in [1.82, 2.24) is 0 Å². The van der Waals surface area contributed by atoms with Crippen LogP contribution >= 0.6 is 0 Å². The van der Waals surface area contributed by atoms with Gasteiger partial charge < -0.3 is 0 Å². The van der Waals surface area contributed by atoms with Gasteiger partial charge in [-0.2, -0.15) is 0 Å². The van der Waals surface area contributed by atoms with Crippen LogP contribution in [0.2, 0.25) is 0 Å². The summed E-state index contributed by atoms with van der Waals surface area (Å²) >= 11 is 0. The molecule has 6 aromatic carbocycles. The Labute approximate surface area is 238 Å². The normalized spacial score (nSPS) is 12.5. The fourth-order valence-corrected chi connectivity index (χ4v) is 7.90. The van der Waals surface area contributed by atoms with Crippen molar-refractivity contribution in [3.05, 3.63) is 154 Å². The van der Waals surface area contributed by atoms with Crippen molar-refractivity contribution in [2.45, 2.75) is 0 Å². The predicted octanol–water partition coefficient (Wildman–Crippen LogP) is 10.8. The summed E-state index contributed by atoms with van der Waals surface area (Å²) in [5, 5.41) is 17.0. The molecule has 0 saturated carbocycles. The molecule has 0 fully saturated rings. The van der Waals surface area contributed by atoms with Crippen LogP contribution < -0.4 is 0 Å². The summed E-state index contributed by atoms with van der Waals surface area (Å²) in [4.78, 5) is 0. The lowest BCUT2D eigenvalue weighted by atomic mass is 9.97. The zero-order valence-electron chi connectivity index (χ0n) is 22.3. The Bertz CT molecular complexity index is 2570. The van der Waals surface area contributed by atoms with Gasteiger partial charge in [-0.25, -0.2) is 8.78 Å². The SMILES string of the molecule is Fc1ccc(-c2c3c4cccc5cccc(c=3c3c(-c6ccc(F)cc6)c6c7cccc8cccc(c=6c23)c87)c54)cc1. The quantitative estimate of drug-likeness (QED) is 0.205. The molecule has 0 saturated heterocycles. The Morgan fingerprint density at radius 3 is 1.00 bits per heavy atom. The molecule has 0 aromatic heterocycles. The van der Waals surface area contributed by atoms with Crippen LogP contribution in [0.5, 0.6) is 0 Å². The van der Waals surface area contributed by atoms with Crippen molar-refractivity contribution in [3.8, 4) is 22.3 Å². The Kier molecular flexibility index (Phi) is 4.09. The first kappa shape index (κ1) is 22.4. The van der Waals surface area contributed by atoms with E-state index in [9.17, 15) is 8.78 Å². The number of benzene rings is 6. The molecule has 6 aromatic rings. The second kappa shape index (κ2) is 7.69. The monoisotopic (exact) mass is 538 g/mol. The van der Waals surface area contributed by atoms with Crippen molar-refractivity contribution < 1.29 is 8.78 Å². The molecule has 0 bridgehead atoms. The Hall–Kier alpha value is -5.34. The van der Waals surface area contributed by atoms with E-state index in [1.54, 1.807) is 24.3 Å². The van der Waals surface area contributed by atoms with E-state index in [-0.39, 0.29) is 11.6 Å². The summed E-state index contributed by atoms with van der Waals surface area (Å²) in [7, 11) is 0. The molecule has 0 nitrogen and oxygen atoms in total. The molecule has 0 heterocycles. The number of rotatable bonds is 2. The van der Waals surface area contributed by atoms with Gasteiger partial charge in [0.25, 0.3) is 0 Å². The van der Waals surface area contributed by atoms with Crippen molar-refractivity contribution >= 4 is 53.9 Å². The molecule has 42 heavy (non-hydrogen) atoms. The van der Waals surface area contributed by atoms with E-state index in [1.807, 2.05) is 24.3 Å². The van der Waals surface area contributed by atoms with E-state index in [2.05, 4.69) is 72.8 Å². The third-order valence-electron chi connectivity index (χ3n) is 9.40. The minimum absolute atomic E-state index is 0.250. The van der Waals surface area contributed by atoms with Crippen molar-refractivity contribution in [2.24, 2.45) is 0 Å². The lowest BCUT2D eigenvalue weighted by molar-refractivity contribution is 0.627. The van der Waals surface area contributed by atoms with Gasteiger partial charge in [-0.1, -0.05) is 97.1 Å². The van der Waals surface area contributed by atoms with E-state index in [1.165, 1.54) is 74.7 Å². The van der Waals surface area contributed by atoms with Crippen LogP contribution in [-0.2, 0) is 0 Å². The number of hydrogen-bond acceptors (Lipinski definition) is 0. The highest BCUT2D eigenvalue weighted by molar-refractivity contribution is 6.25. The standard InChI is InChI=1S/C40H20F2/c41-25-17-13-23(14-18-25)33-35-27-9-1-5-21-7-3-11-29(31(21)27)37(35)40-34(24-15-19-26(42)20-16-24)36-28-10-2-6-22-8-4-12-30(32(22)28)38(36)39(33)40/h1-20H. The molecule has 0 atom stereocenters. The van der Waals surface area contributed by atoms with Crippen LogP contribution in [0.25, 0.3) is 76.1 Å². The van der Waals surface area contributed by atoms with Gasteiger partial charge >= 0.3 is 0 Å². The summed E-state index contributed by atoms with van der Waals surface area (Å²) in [5.41, 5.74) is 4.26. The maximum atomic E-state index is 14.3.